The second kappa shape index (κ2) is 5.10. The van der Waals surface area contributed by atoms with Gasteiger partial charge in [-0.1, -0.05) is 26.8 Å². The van der Waals surface area contributed by atoms with Crippen molar-refractivity contribution in [3.05, 3.63) is 50.8 Å². The minimum atomic E-state index is -0.339. The quantitative estimate of drug-likeness (QED) is 0.867. The number of aromatic nitrogens is 2. The molecule has 0 aliphatic carbocycles. The summed E-state index contributed by atoms with van der Waals surface area (Å²) in [5.74, 6) is 0.223. The van der Waals surface area contributed by atoms with Crippen LogP contribution in [0.5, 0.6) is 0 Å². The number of rotatable bonds is 1. The Morgan fingerprint density at radius 3 is 2.29 bits per heavy atom. The summed E-state index contributed by atoms with van der Waals surface area (Å²) in [6, 6.07) is 3.37. The first-order valence-electron chi connectivity index (χ1n) is 7.00. The van der Waals surface area contributed by atoms with Crippen LogP contribution in [0.1, 0.15) is 43.3 Å². The maximum Gasteiger partial charge on any atom is 0.254 e. The van der Waals surface area contributed by atoms with Gasteiger partial charge >= 0.3 is 0 Å². The number of nitrogens with one attached hydrogen (secondary N) is 1. The maximum atomic E-state index is 14.4. The van der Waals surface area contributed by atoms with Crippen LogP contribution in [0.3, 0.4) is 0 Å². The lowest BCUT2D eigenvalue weighted by Gasteiger charge is -2.19. The van der Waals surface area contributed by atoms with E-state index in [0.717, 1.165) is 11.1 Å². The molecule has 1 heterocycles. The minimum Gasteiger partial charge on any atom is -0.310 e. The molecule has 0 saturated carbocycles. The molecule has 0 saturated heterocycles. The third kappa shape index (κ3) is 2.89. The molecule has 0 bridgehead atoms. The lowest BCUT2D eigenvalue weighted by molar-refractivity contribution is 0.542. The van der Waals surface area contributed by atoms with Gasteiger partial charge in [-0.3, -0.25) is 4.79 Å². The molecule has 21 heavy (non-hydrogen) atoms. The summed E-state index contributed by atoms with van der Waals surface area (Å²) < 4.78 is 14.4. The third-order valence-electron chi connectivity index (χ3n) is 3.53. The molecule has 112 valence electrons. The molecule has 1 aromatic heterocycles. The van der Waals surface area contributed by atoms with Crippen LogP contribution in [0.15, 0.2) is 16.9 Å². The maximum absolute atomic E-state index is 14.4. The molecule has 0 amide bonds. The molecule has 2 aromatic rings. The molecule has 1 aromatic carbocycles. The van der Waals surface area contributed by atoms with Crippen LogP contribution < -0.4 is 5.56 Å². The number of hydrogen-bond donors (Lipinski definition) is 1. The summed E-state index contributed by atoms with van der Waals surface area (Å²) in [6.07, 6.45) is 0. The zero-order chi connectivity index (χ0) is 15.9. The van der Waals surface area contributed by atoms with Gasteiger partial charge in [0.05, 0.1) is 5.69 Å². The molecule has 0 aliphatic rings. The Morgan fingerprint density at radius 1 is 1.14 bits per heavy atom. The van der Waals surface area contributed by atoms with E-state index in [9.17, 15) is 9.18 Å². The standard InChI is InChI=1S/C17H21FN2O/c1-9-7-10(2)13(12(18)8-9)14-11(3)15(21)20-16(19-14)17(4,5)6/h7-8H,1-6H3,(H,19,20,21). The zero-order valence-electron chi connectivity index (χ0n) is 13.4. The van der Waals surface area contributed by atoms with Crippen molar-refractivity contribution in [3.8, 4) is 11.3 Å². The highest BCUT2D eigenvalue weighted by atomic mass is 19.1. The summed E-state index contributed by atoms with van der Waals surface area (Å²) in [7, 11) is 0. The molecule has 0 spiro atoms. The van der Waals surface area contributed by atoms with Gasteiger partial charge in [0.2, 0.25) is 0 Å². The molecule has 3 nitrogen and oxygen atoms in total. The van der Waals surface area contributed by atoms with Crippen molar-refractivity contribution >= 4 is 0 Å². The number of hydrogen-bond acceptors (Lipinski definition) is 2. The first kappa shape index (κ1) is 15.4. The van der Waals surface area contributed by atoms with Crippen LogP contribution in [0, 0.1) is 26.6 Å². The lowest BCUT2D eigenvalue weighted by Crippen LogP contribution is -2.24. The fourth-order valence-electron chi connectivity index (χ4n) is 2.35. The van der Waals surface area contributed by atoms with Gasteiger partial charge in [0.1, 0.15) is 11.6 Å². The molecule has 0 aliphatic heterocycles. The highest BCUT2D eigenvalue weighted by Crippen LogP contribution is 2.29. The molecule has 0 atom stereocenters. The van der Waals surface area contributed by atoms with Gasteiger partial charge in [0.15, 0.2) is 0 Å². The number of nitrogens with zero attached hydrogens (tertiary/aromatic N) is 1. The van der Waals surface area contributed by atoms with E-state index in [1.807, 2.05) is 40.7 Å². The number of H-pyrrole nitrogens is 1. The largest absolute Gasteiger partial charge is 0.310 e. The normalized spacial score (nSPS) is 11.8. The first-order chi connectivity index (χ1) is 9.61. The van der Waals surface area contributed by atoms with Gasteiger partial charge in [0.25, 0.3) is 5.56 Å². The van der Waals surface area contributed by atoms with Crippen molar-refractivity contribution in [2.24, 2.45) is 0 Å². The van der Waals surface area contributed by atoms with E-state index in [-0.39, 0.29) is 16.8 Å². The van der Waals surface area contributed by atoms with Crippen molar-refractivity contribution < 1.29 is 4.39 Å². The summed E-state index contributed by atoms with van der Waals surface area (Å²) in [6.45, 7) is 11.2. The van der Waals surface area contributed by atoms with E-state index in [4.69, 9.17) is 0 Å². The average molecular weight is 288 g/mol. The number of aromatic amines is 1. The van der Waals surface area contributed by atoms with Gasteiger partial charge in [-0.05, 0) is 38.0 Å². The summed E-state index contributed by atoms with van der Waals surface area (Å²) in [5, 5.41) is 0. The van der Waals surface area contributed by atoms with E-state index in [0.29, 0.717) is 22.6 Å². The number of aryl methyl sites for hydroxylation is 2. The monoisotopic (exact) mass is 288 g/mol. The molecule has 1 N–H and O–H groups in total. The Morgan fingerprint density at radius 2 is 1.76 bits per heavy atom. The Bertz CT molecular complexity index is 731. The SMILES string of the molecule is Cc1cc(C)c(-c2nc(C(C)(C)C)[nH]c(=O)c2C)c(F)c1. The Hall–Kier alpha value is -1.97. The average Bonchev–Trinajstić information content (AvgIpc) is 2.31. The van der Waals surface area contributed by atoms with E-state index < -0.39 is 0 Å². The highest BCUT2D eigenvalue weighted by Gasteiger charge is 2.22. The fourth-order valence-corrected chi connectivity index (χ4v) is 2.35. The molecule has 2 rings (SSSR count). The first-order valence-corrected chi connectivity index (χ1v) is 7.00. The fraction of sp³-hybridized carbons (Fsp3) is 0.412. The third-order valence-corrected chi connectivity index (χ3v) is 3.53. The number of benzene rings is 1. The summed E-state index contributed by atoms with van der Waals surface area (Å²) in [5.41, 5.74) is 2.39. The smallest absolute Gasteiger partial charge is 0.254 e. The molecular formula is C17H21FN2O. The van der Waals surface area contributed by atoms with Crippen LogP contribution in [-0.2, 0) is 5.41 Å². The molecule has 0 fully saturated rings. The summed E-state index contributed by atoms with van der Waals surface area (Å²) >= 11 is 0. The van der Waals surface area contributed by atoms with Crippen molar-refractivity contribution in [3.63, 3.8) is 0 Å². The van der Waals surface area contributed by atoms with E-state index in [2.05, 4.69) is 9.97 Å². The minimum absolute atomic E-state index is 0.218. The van der Waals surface area contributed by atoms with Gasteiger partial charge in [0, 0.05) is 16.5 Å². The number of halogens is 1. The van der Waals surface area contributed by atoms with Crippen molar-refractivity contribution in [1.82, 2.24) is 9.97 Å². The van der Waals surface area contributed by atoms with E-state index >= 15 is 0 Å². The predicted molar refractivity (Wildman–Crippen MR) is 83.2 cm³/mol. The van der Waals surface area contributed by atoms with Gasteiger partial charge < -0.3 is 4.98 Å². The Balaban J connectivity index is 2.82. The van der Waals surface area contributed by atoms with Crippen molar-refractivity contribution in [2.45, 2.75) is 47.0 Å². The second-order valence-corrected chi connectivity index (χ2v) is 6.58. The predicted octanol–water partition coefficient (Wildman–Crippen LogP) is 3.80. The van der Waals surface area contributed by atoms with Gasteiger partial charge in [-0.15, -0.1) is 0 Å². The van der Waals surface area contributed by atoms with E-state index in [1.165, 1.54) is 6.07 Å². The molecule has 0 unspecified atom stereocenters. The van der Waals surface area contributed by atoms with Crippen LogP contribution in [0.2, 0.25) is 0 Å². The van der Waals surface area contributed by atoms with Crippen molar-refractivity contribution in [2.75, 3.05) is 0 Å². The Labute approximate surface area is 124 Å². The van der Waals surface area contributed by atoms with Crippen LogP contribution >= 0.6 is 0 Å². The van der Waals surface area contributed by atoms with Crippen LogP contribution in [-0.4, -0.2) is 9.97 Å². The lowest BCUT2D eigenvalue weighted by atomic mass is 9.94. The molecule has 4 heteroatoms. The second-order valence-electron chi connectivity index (χ2n) is 6.58. The molecule has 0 radical (unpaired) electrons. The van der Waals surface area contributed by atoms with Gasteiger partial charge in [-0.25, -0.2) is 9.37 Å². The summed E-state index contributed by atoms with van der Waals surface area (Å²) in [4.78, 5) is 19.5. The highest BCUT2D eigenvalue weighted by molar-refractivity contribution is 5.67. The zero-order valence-corrected chi connectivity index (χ0v) is 13.4. The Kier molecular flexibility index (Phi) is 3.74. The topological polar surface area (TPSA) is 45.8 Å². The van der Waals surface area contributed by atoms with Crippen molar-refractivity contribution in [1.29, 1.82) is 0 Å². The van der Waals surface area contributed by atoms with E-state index in [1.54, 1.807) is 6.92 Å². The van der Waals surface area contributed by atoms with Gasteiger partial charge in [-0.2, -0.15) is 0 Å². The molecular weight excluding hydrogens is 267 g/mol. The van der Waals surface area contributed by atoms with Crippen LogP contribution in [0.4, 0.5) is 4.39 Å². The van der Waals surface area contributed by atoms with Crippen LogP contribution in [0.25, 0.3) is 11.3 Å².